The van der Waals surface area contributed by atoms with Crippen molar-refractivity contribution in [1.82, 2.24) is 0 Å². The highest BCUT2D eigenvalue weighted by Crippen LogP contribution is 2.22. The molecule has 188 valence electrons. The maximum Gasteiger partial charge on any atom is 0.308 e. The van der Waals surface area contributed by atoms with Gasteiger partial charge in [0.2, 0.25) is 6.29 Å². The lowest BCUT2D eigenvalue weighted by Crippen LogP contribution is -2.39. The lowest BCUT2D eigenvalue weighted by Gasteiger charge is -2.30. The fraction of sp³-hybridized carbons (Fsp3) is 0.567. The standard InChI is InChI=1S/C30H46NO3/c1-5-6-7-8-9-13-20-28-21-14-15-22-29(28)33-26(2)34-30(32)23-16-17-24-31(3,4)25-27-18-11-10-12-19-27/h10-12,14-15,18-19,21-22,26H,5-9,13,16-17,20,23-25H2,1-4H3/q+1. The van der Waals surface area contributed by atoms with E-state index < -0.39 is 6.29 Å². The van der Waals surface area contributed by atoms with Gasteiger partial charge in [0.1, 0.15) is 12.3 Å². The number of nitrogens with zero attached hydrogens (tertiary/aromatic N) is 1. The van der Waals surface area contributed by atoms with Crippen LogP contribution in [0.4, 0.5) is 0 Å². The Bertz CT molecular complexity index is 819. The number of unbranched alkanes of at least 4 members (excludes halogenated alkanes) is 6. The number of para-hydroxylation sites is 1. The molecule has 0 fully saturated rings. The Hall–Kier alpha value is -2.33. The largest absolute Gasteiger partial charge is 0.455 e. The molecule has 2 rings (SSSR count). The van der Waals surface area contributed by atoms with Crippen LogP contribution in [0.3, 0.4) is 0 Å². The highest BCUT2D eigenvalue weighted by Gasteiger charge is 2.17. The molecular weight excluding hydrogens is 422 g/mol. The predicted molar refractivity (Wildman–Crippen MR) is 141 cm³/mol. The second-order valence-corrected chi connectivity index (χ2v) is 10.1. The minimum atomic E-state index is -0.580. The molecule has 0 aromatic heterocycles. The van der Waals surface area contributed by atoms with E-state index in [1.54, 1.807) is 6.92 Å². The molecule has 0 radical (unpaired) electrons. The average molecular weight is 469 g/mol. The summed E-state index contributed by atoms with van der Waals surface area (Å²) in [5.74, 6) is 0.644. The first-order valence-electron chi connectivity index (χ1n) is 13.2. The summed E-state index contributed by atoms with van der Waals surface area (Å²) >= 11 is 0. The number of rotatable bonds is 17. The zero-order valence-corrected chi connectivity index (χ0v) is 21.9. The van der Waals surface area contributed by atoms with Gasteiger partial charge in [-0.15, -0.1) is 0 Å². The zero-order chi connectivity index (χ0) is 24.7. The van der Waals surface area contributed by atoms with Crippen LogP contribution in [0.25, 0.3) is 0 Å². The smallest absolute Gasteiger partial charge is 0.308 e. The van der Waals surface area contributed by atoms with Crippen molar-refractivity contribution < 1.29 is 18.8 Å². The maximum absolute atomic E-state index is 12.3. The Morgan fingerprint density at radius 2 is 1.53 bits per heavy atom. The summed E-state index contributed by atoms with van der Waals surface area (Å²) in [7, 11) is 4.48. The van der Waals surface area contributed by atoms with Crippen molar-refractivity contribution in [2.24, 2.45) is 0 Å². The van der Waals surface area contributed by atoms with Crippen molar-refractivity contribution in [3.05, 3.63) is 65.7 Å². The molecule has 2 aromatic carbocycles. The minimum Gasteiger partial charge on any atom is -0.455 e. The van der Waals surface area contributed by atoms with Crippen molar-refractivity contribution in [2.45, 2.75) is 90.9 Å². The summed E-state index contributed by atoms with van der Waals surface area (Å²) < 4.78 is 12.4. The highest BCUT2D eigenvalue weighted by atomic mass is 16.7. The van der Waals surface area contributed by atoms with Gasteiger partial charge in [0, 0.05) is 18.9 Å². The SMILES string of the molecule is CCCCCCCCc1ccccc1OC(C)OC(=O)CCCC[N+](C)(C)Cc1ccccc1. The lowest BCUT2D eigenvalue weighted by molar-refractivity contribution is -0.903. The number of benzene rings is 2. The number of esters is 1. The second-order valence-electron chi connectivity index (χ2n) is 10.1. The first-order valence-corrected chi connectivity index (χ1v) is 13.2. The van der Waals surface area contributed by atoms with Gasteiger partial charge in [-0.05, 0) is 37.3 Å². The van der Waals surface area contributed by atoms with E-state index in [1.165, 1.54) is 43.2 Å². The van der Waals surface area contributed by atoms with Crippen LogP contribution in [-0.2, 0) is 22.5 Å². The molecule has 4 nitrogen and oxygen atoms in total. The topological polar surface area (TPSA) is 35.5 Å². The number of carbonyl (C=O) groups is 1. The summed E-state index contributed by atoms with van der Waals surface area (Å²) in [6.45, 7) is 6.07. The normalized spacial score (nSPS) is 12.4. The molecule has 1 unspecified atom stereocenters. The Morgan fingerprint density at radius 3 is 2.29 bits per heavy atom. The Labute approximate surface area is 207 Å². The average Bonchev–Trinajstić information content (AvgIpc) is 2.80. The van der Waals surface area contributed by atoms with E-state index in [9.17, 15) is 4.79 Å². The predicted octanol–water partition coefficient (Wildman–Crippen LogP) is 7.30. The van der Waals surface area contributed by atoms with Gasteiger partial charge in [-0.3, -0.25) is 4.79 Å². The van der Waals surface area contributed by atoms with Crippen LogP contribution in [0.2, 0.25) is 0 Å². The first kappa shape index (κ1) is 27.9. The quantitative estimate of drug-likeness (QED) is 0.106. The van der Waals surface area contributed by atoms with Crippen molar-refractivity contribution in [3.63, 3.8) is 0 Å². The van der Waals surface area contributed by atoms with Crippen LogP contribution in [-0.4, -0.2) is 37.4 Å². The van der Waals surface area contributed by atoms with E-state index in [-0.39, 0.29) is 5.97 Å². The van der Waals surface area contributed by atoms with Crippen LogP contribution in [0, 0.1) is 0 Å². The van der Waals surface area contributed by atoms with Crippen molar-refractivity contribution in [3.8, 4) is 5.75 Å². The monoisotopic (exact) mass is 468 g/mol. The molecule has 0 aliphatic carbocycles. The van der Waals surface area contributed by atoms with Crippen LogP contribution in [0.1, 0.15) is 82.8 Å². The van der Waals surface area contributed by atoms with E-state index >= 15 is 0 Å². The third-order valence-corrected chi connectivity index (χ3v) is 6.21. The molecule has 0 spiro atoms. The molecule has 0 saturated heterocycles. The molecule has 4 heteroatoms. The number of carbonyl (C=O) groups excluding carboxylic acids is 1. The second kappa shape index (κ2) is 15.5. The van der Waals surface area contributed by atoms with Crippen molar-refractivity contribution in [1.29, 1.82) is 0 Å². The number of quaternary nitrogens is 1. The molecule has 2 aromatic rings. The van der Waals surface area contributed by atoms with E-state index in [0.29, 0.717) is 6.42 Å². The van der Waals surface area contributed by atoms with Crippen molar-refractivity contribution in [2.75, 3.05) is 20.6 Å². The maximum atomic E-state index is 12.3. The van der Waals surface area contributed by atoms with Crippen LogP contribution < -0.4 is 4.74 Å². The van der Waals surface area contributed by atoms with E-state index in [1.807, 2.05) is 24.3 Å². The Kier molecular flexibility index (Phi) is 12.8. The number of hydrogen-bond acceptors (Lipinski definition) is 3. The summed E-state index contributed by atoms with van der Waals surface area (Å²) in [5, 5.41) is 0. The zero-order valence-electron chi connectivity index (χ0n) is 21.9. The van der Waals surface area contributed by atoms with Gasteiger partial charge < -0.3 is 14.0 Å². The molecule has 0 heterocycles. The van der Waals surface area contributed by atoms with Crippen LogP contribution >= 0.6 is 0 Å². The summed E-state index contributed by atoms with van der Waals surface area (Å²) in [6, 6.07) is 18.7. The van der Waals surface area contributed by atoms with E-state index in [4.69, 9.17) is 9.47 Å². The number of aryl methyl sites for hydroxylation is 1. The van der Waals surface area contributed by atoms with E-state index in [0.717, 1.165) is 49.0 Å². The van der Waals surface area contributed by atoms with E-state index in [2.05, 4.69) is 51.4 Å². The van der Waals surface area contributed by atoms with Gasteiger partial charge in [0.15, 0.2) is 0 Å². The molecule has 0 aliphatic heterocycles. The fourth-order valence-corrected chi connectivity index (χ4v) is 4.33. The number of hydrogen-bond donors (Lipinski definition) is 0. The highest BCUT2D eigenvalue weighted by molar-refractivity contribution is 5.69. The van der Waals surface area contributed by atoms with Gasteiger partial charge in [-0.25, -0.2) is 0 Å². The van der Waals surface area contributed by atoms with Gasteiger partial charge in [0.25, 0.3) is 0 Å². The molecule has 0 amide bonds. The van der Waals surface area contributed by atoms with Gasteiger partial charge in [-0.1, -0.05) is 87.6 Å². The summed E-state index contributed by atoms with van der Waals surface area (Å²) in [6.07, 6.45) is 10.3. The lowest BCUT2D eigenvalue weighted by atomic mass is 10.0. The Balaban J connectivity index is 1.67. The fourth-order valence-electron chi connectivity index (χ4n) is 4.33. The molecular formula is C30H46NO3+. The third kappa shape index (κ3) is 11.7. The third-order valence-electron chi connectivity index (χ3n) is 6.21. The van der Waals surface area contributed by atoms with Gasteiger partial charge in [0.05, 0.1) is 20.6 Å². The summed E-state index contributed by atoms with van der Waals surface area (Å²) in [4.78, 5) is 12.3. The van der Waals surface area contributed by atoms with Crippen molar-refractivity contribution >= 4 is 5.97 Å². The minimum absolute atomic E-state index is 0.186. The first-order chi connectivity index (χ1) is 16.4. The Morgan fingerprint density at radius 1 is 0.853 bits per heavy atom. The molecule has 0 aliphatic rings. The van der Waals surface area contributed by atoms with Gasteiger partial charge in [-0.2, -0.15) is 0 Å². The molecule has 0 N–H and O–H groups in total. The molecule has 0 saturated carbocycles. The van der Waals surface area contributed by atoms with Gasteiger partial charge >= 0.3 is 5.97 Å². The molecule has 34 heavy (non-hydrogen) atoms. The van der Waals surface area contributed by atoms with Crippen LogP contribution in [0.15, 0.2) is 54.6 Å². The molecule has 0 bridgehead atoms. The number of ether oxygens (including phenoxy) is 2. The summed E-state index contributed by atoms with van der Waals surface area (Å²) in [5.41, 5.74) is 2.54. The molecule has 1 atom stereocenters. The van der Waals surface area contributed by atoms with Crippen LogP contribution in [0.5, 0.6) is 5.75 Å².